The first kappa shape index (κ1) is 11.1. The predicted molar refractivity (Wildman–Crippen MR) is 57.1 cm³/mol. The van der Waals surface area contributed by atoms with Crippen LogP contribution < -0.4 is 0 Å². The van der Waals surface area contributed by atoms with Crippen LogP contribution in [0.5, 0.6) is 0 Å². The van der Waals surface area contributed by atoms with Crippen molar-refractivity contribution in [3.63, 3.8) is 0 Å². The standard InChI is InChI=1S/C10H22Si/c1-4-6-7-8-9-10(5-2)11-3/h11H,4-9H2,1-3H3. The fourth-order valence-corrected chi connectivity index (χ4v) is 2.21. The van der Waals surface area contributed by atoms with Gasteiger partial charge in [-0.05, 0) is 28.4 Å². The lowest BCUT2D eigenvalue weighted by Crippen LogP contribution is -1.99. The average molecular weight is 170 g/mol. The van der Waals surface area contributed by atoms with Crippen LogP contribution in [0.3, 0.4) is 0 Å². The summed E-state index contributed by atoms with van der Waals surface area (Å²) in [4.78, 5) is 0. The van der Waals surface area contributed by atoms with Crippen LogP contribution in [0.15, 0.2) is 0 Å². The molecule has 0 N–H and O–H groups in total. The summed E-state index contributed by atoms with van der Waals surface area (Å²) in [5.41, 5.74) is 0. The minimum atomic E-state index is 0.644. The Morgan fingerprint density at radius 1 is 1.09 bits per heavy atom. The molecule has 0 unspecified atom stereocenters. The Morgan fingerprint density at radius 2 is 1.82 bits per heavy atom. The average Bonchev–Trinajstić information content (AvgIpc) is 2.05. The lowest BCUT2D eigenvalue weighted by Gasteiger charge is -2.02. The number of rotatable bonds is 6. The van der Waals surface area contributed by atoms with Crippen molar-refractivity contribution < 1.29 is 0 Å². The molecular weight excluding hydrogens is 148 g/mol. The Bertz CT molecular complexity index is 105. The molecule has 66 valence electrons. The monoisotopic (exact) mass is 170 g/mol. The molecule has 0 aromatic heterocycles. The minimum Gasteiger partial charge on any atom is -0.0931 e. The predicted octanol–water partition coefficient (Wildman–Crippen LogP) is 3.02. The molecule has 0 aliphatic heterocycles. The molecule has 0 nitrogen and oxygen atoms in total. The third kappa shape index (κ3) is 6.48. The van der Waals surface area contributed by atoms with Crippen molar-refractivity contribution in [2.75, 3.05) is 0 Å². The van der Waals surface area contributed by atoms with E-state index in [0.717, 1.165) is 0 Å². The number of hydrogen-bond acceptors (Lipinski definition) is 0. The van der Waals surface area contributed by atoms with Gasteiger partial charge in [0.25, 0.3) is 0 Å². The molecule has 0 aliphatic carbocycles. The van der Waals surface area contributed by atoms with E-state index in [4.69, 9.17) is 0 Å². The molecule has 0 heterocycles. The van der Waals surface area contributed by atoms with Gasteiger partial charge < -0.3 is 0 Å². The second-order valence-corrected chi connectivity index (χ2v) is 4.50. The van der Waals surface area contributed by atoms with Gasteiger partial charge in [-0.25, -0.2) is 0 Å². The first-order valence-corrected chi connectivity index (χ1v) is 6.72. The van der Waals surface area contributed by atoms with Crippen LogP contribution in [0.2, 0.25) is 6.55 Å². The van der Waals surface area contributed by atoms with E-state index in [9.17, 15) is 0 Å². The lowest BCUT2D eigenvalue weighted by molar-refractivity contribution is 0.682. The molecule has 0 saturated carbocycles. The van der Waals surface area contributed by atoms with Gasteiger partial charge in [-0.15, -0.1) is 0 Å². The second kappa shape index (κ2) is 8.19. The van der Waals surface area contributed by atoms with Gasteiger partial charge in [0, 0.05) is 0 Å². The summed E-state index contributed by atoms with van der Waals surface area (Å²) in [7, 11) is 0.644. The molecule has 0 fully saturated rings. The van der Waals surface area contributed by atoms with E-state index in [-0.39, 0.29) is 0 Å². The van der Waals surface area contributed by atoms with E-state index in [1.807, 2.05) is 5.17 Å². The van der Waals surface area contributed by atoms with Gasteiger partial charge in [0.15, 0.2) is 0 Å². The molecule has 0 aliphatic rings. The summed E-state index contributed by atoms with van der Waals surface area (Å²) in [6.45, 7) is 6.93. The third-order valence-electron chi connectivity index (χ3n) is 2.21. The highest BCUT2D eigenvalue weighted by atomic mass is 28.2. The molecule has 0 rings (SSSR count). The molecular formula is C10H22Si. The van der Waals surface area contributed by atoms with Gasteiger partial charge in [-0.1, -0.05) is 44.8 Å². The van der Waals surface area contributed by atoms with E-state index in [1.54, 1.807) is 0 Å². The van der Waals surface area contributed by atoms with Gasteiger partial charge >= 0.3 is 0 Å². The minimum absolute atomic E-state index is 0.644. The Morgan fingerprint density at radius 3 is 2.27 bits per heavy atom. The van der Waals surface area contributed by atoms with E-state index in [0.29, 0.717) is 9.13 Å². The molecule has 0 atom stereocenters. The number of hydrogen-bond donors (Lipinski definition) is 0. The van der Waals surface area contributed by atoms with Crippen molar-refractivity contribution >= 4 is 14.3 Å². The lowest BCUT2D eigenvalue weighted by atomic mass is 10.1. The largest absolute Gasteiger partial charge is 0.0931 e. The molecule has 0 spiro atoms. The van der Waals surface area contributed by atoms with Crippen LogP contribution >= 0.6 is 0 Å². The zero-order valence-electron chi connectivity index (χ0n) is 8.32. The Kier molecular flexibility index (Phi) is 8.25. The smallest absolute Gasteiger partial charge is 0.0111 e. The van der Waals surface area contributed by atoms with Gasteiger partial charge in [0.05, 0.1) is 0 Å². The van der Waals surface area contributed by atoms with Gasteiger partial charge in [-0.2, -0.15) is 0 Å². The maximum Gasteiger partial charge on any atom is -0.0111 e. The van der Waals surface area contributed by atoms with E-state index in [2.05, 4.69) is 20.4 Å². The van der Waals surface area contributed by atoms with Crippen LogP contribution in [0.4, 0.5) is 0 Å². The highest BCUT2D eigenvalue weighted by Gasteiger charge is 1.92. The summed E-state index contributed by atoms with van der Waals surface area (Å²) in [6.07, 6.45) is 8.42. The van der Waals surface area contributed by atoms with Crippen molar-refractivity contribution in [1.29, 1.82) is 0 Å². The summed E-state index contributed by atoms with van der Waals surface area (Å²) in [5, 5.41) is 1.83. The van der Waals surface area contributed by atoms with Crippen LogP contribution in [0.25, 0.3) is 0 Å². The van der Waals surface area contributed by atoms with E-state index < -0.39 is 0 Å². The molecule has 1 heteroatoms. The van der Waals surface area contributed by atoms with E-state index >= 15 is 0 Å². The quantitative estimate of drug-likeness (QED) is 0.424. The van der Waals surface area contributed by atoms with Gasteiger partial charge in [0.2, 0.25) is 0 Å². The maximum absolute atomic E-state index is 2.36. The molecule has 0 aromatic rings. The third-order valence-corrected chi connectivity index (χ3v) is 3.73. The normalized spacial score (nSPS) is 12.1. The van der Waals surface area contributed by atoms with Crippen LogP contribution in [-0.4, -0.2) is 14.3 Å². The number of unbranched alkanes of at least 4 members (excludes halogenated alkanes) is 3. The van der Waals surface area contributed by atoms with Crippen molar-refractivity contribution in [3.05, 3.63) is 0 Å². The van der Waals surface area contributed by atoms with Crippen molar-refractivity contribution in [3.8, 4) is 0 Å². The molecule has 0 aromatic carbocycles. The topological polar surface area (TPSA) is 0 Å². The van der Waals surface area contributed by atoms with Crippen molar-refractivity contribution in [2.24, 2.45) is 0 Å². The van der Waals surface area contributed by atoms with Crippen molar-refractivity contribution in [2.45, 2.75) is 58.9 Å². The zero-order chi connectivity index (χ0) is 8.53. The Hall–Kier alpha value is 0.0869. The van der Waals surface area contributed by atoms with Gasteiger partial charge in [0.1, 0.15) is 0 Å². The molecule has 0 radical (unpaired) electrons. The summed E-state index contributed by atoms with van der Waals surface area (Å²) >= 11 is 0. The van der Waals surface area contributed by atoms with Crippen molar-refractivity contribution in [1.82, 2.24) is 0 Å². The van der Waals surface area contributed by atoms with Crippen LogP contribution in [0, 0.1) is 0 Å². The fourth-order valence-electron chi connectivity index (χ4n) is 1.30. The highest BCUT2D eigenvalue weighted by molar-refractivity contribution is 6.52. The Labute approximate surface area is 73.8 Å². The van der Waals surface area contributed by atoms with Crippen LogP contribution in [-0.2, 0) is 0 Å². The SMILES string of the molecule is CCCCCCC(CC)=[SiH]C. The Balaban J connectivity index is 3.22. The first-order chi connectivity index (χ1) is 5.35. The van der Waals surface area contributed by atoms with Crippen LogP contribution in [0.1, 0.15) is 52.4 Å². The highest BCUT2D eigenvalue weighted by Crippen LogP contribution is 2.03. The van der Waals surface area contributed by atoms with E-state index in [1.165, 1.54) is 38.5 Å². The van der Waals surface area contributed by atoms with Gasteiger partial charge in [-0.3, -0.25) is 0 Å². The first-order valence-electron chi connectivity index (χ1n) is 4.99. The zero-order valence-corrected chi connectivity index (χ0v) is 9.47. The molecule has 11 heavy (non-hydrogen) atoms. The molecule has 0 bridgehead atoms. The summed E-state index contributed by atoms with van der Waals surface area (Å²) in [6, 6.07) is 0. The fraction of sp³-hybridized carbons (Fsp3) is 0.900. The second-order valence-electron chi connectivity index (χ2n) is 3.11. The molecule has 0 saturated heterocycles. The maximum atomic E-state index is 2.36. The summed E-state index contributed by atoms with van der Waals surface area (Å²) in [5.74, 6) is 0. The molecule has 0 amide bonds. The summed E-state index contributed by atoms with van der Waals surface area (Å²) < 4.78 is 0.